The van der Waals surface area contributed by atoms with E-state index in [9.17, 15) is 5.11 Å². The molecule has 0 amide bonds. The van der Waals surface area contributed by atoms with Crippen LogP contribution in [0.1, 0.15) is 11.1 Å². The van der Waals surface area contributed by atoms with Crippen molar-refractivity contribution >= 4 is 16.5 Å². The van der Waals surface area contributed by atoms with Gasteiger partial charge in [0.2, 0.25) is 0 Å². The number of hydrogen-bond donors (Lipinski definition) is 2. The molecule has 0 radical (unpaired) electrons. The average molecular weight is 305 g/mol. The number of anilines is 1. The first kappa shape index (κ1) is 14.2. The highest BCUT2D eigenvalue weighted by Crippen LogP contribution is 2.42. The van der Waals surface area contributed by atoms with Crippen LogP contribution < -0.4 is 5.32 Å². The van der Waals surface area contributed by atoms with E-state index in [1.54, 1.807) is 0 Å². The molecule has 3 aromatic rings. The van der Waals surface area contributed by atoms with Crippen molar-refractivity contribution in [1.29, 1.82) is 0 Å². The fraction of sp³-hybridized carbons (Fsp3) is 0.200. The summed E-state index contributed by atoms with van der Waals surface area (Å²) in [5.74, 6) is 0. The number of aliphatic hydroxyl groups excluding tert-OH is 1. The molecule has 3 heteroatoms. The van der Waals surface area contributed by atoms with Crippen molar-refractivity contribution < 1.29 is 9.84 Å². The number of benzene rings is 3. The van der Waals surface area contributed by atoms with Crippen LogP contribution in [0.4, 0.5) is 5.69 Å². The lowest BCUT2D eigenvalue weighted by Crippen LogP contribution is -2.36. The van der Waals surface area contributed by atoms with Gasteiger partial charge in [-0.3, -0.25) is 0 Å². The minimum absolute atomic E-state index is 0.0478. The molecular weight excluding hydrogens is 286 g/mol. The molecule has 3 aromatic carbocycles. The van der Waals surface area contributed by atoms with Gasteiger partial charge in [-0.25, -0.2) is 0 Å². The lowest BCUT2D eigenvalue weighted by atomic mass is 9.91. The van der Waals surface area contributed by atoms with E-state index in [2.05, 4.69) is 29.6 Å². The fourth-order valence-electron chi connectivity index (χ4n) is 3.34. The van der Waals surface area contributed by atoms with Crippen LogP contribution in [0.5, 0.6) is 0 Å². The van der Waals surface area contributed by atoms with Crippen LogP contribution in [0, 0.1) is 0 Å². The van der Waals surface area contributed by atoms with E-state index in [4.69, 9.17) is 4.74 Å². The van der Waals surface area contributed by atoms with Crippen molar-refractivity contribution in [1.82, 2.24) is 0 Å². The van der Waals surface area contributed by atoms with E-state index in [-0.39, 0.29) is 6.61 Å². The van der Waals surface area contributed by atoms with Gasteiger partial charge in [0, 0.05) is 11.3 Å². The average Bonchev–Trinajstić information content (AvgIpc) is 3.01. The van der Waals surface area contributed by atoms with Crippen LogP contribution in [0.15, 0.2) is 66.7 Å². The van der Waals surface area contributed by atoms with Crippen molar-refractivity contribution in [2.75, 3.05) is 18.5 Å². The molecule has 0 aromatic heterocycles. The first-order valence-corrected chi connectivity index (χ1v) is 7.87. The Morgan fingerprint density at radius 2 is 1.74 bits per heavy atom. The van der Waals surface area contributed by atoms with Gasteiger partial charge in [-0.2, -0.15) is 0 Å². The zero-order chi connectivity index (χ0) is 15.7. The van der Waals surface area contributed by atoms with E-state index in [0.717, 1.165) is 27.6 Å². The standard InChI is InChI=1S/C20H19NO2/c22-14-20(23-12-15-6-2-1-3-7-15)13-21-18-11-10-16-8-4-5-9-17(16)19(18)20/h1-11,21-22H,12-14H2. The smallest absolute Gasteiger partial charge is 0.136 e. The number of hydrogen-bond acceptors (Lipinski definition) is 3. The summed E-state index contributed by atoms with van der Waals surface area (Å²) in [5, 5.41) is 15.8. The first-order valence-electron chi connectivity index (χ1n) is 7.87. The van der Waals surface area contributed by atoms with E-state index >= 15 is 0 Å². The largest absolute Gasteiger partial charge is 0.393 e. The maximum absolute atomic E-state index is 10.1. The Hall–Kier alpha value is -2.36. The van der Waals surface area contributed by atoms with Crippen molar-refractivity contribution in [3.8, 4) is 0 Å². The number of aliphatic hydroxyl groups is 1. The van der Waals surface area contributed by atoms with Crippen LogP contribution >= 0.6 is 0 Å². The summed E-state index contributed by atoms with van der Waals surface area (Å²) < 4.78 is 6.25. The van der Waals surface area contributed by atoms with Crippen molar-refractivity contribution in [3.63, 3.8) is 0 Å². The molecule has 4 rings (SSSR count). The van der Waals surface area contributed by atoms with Crippen molar-refractivity contribution in [3.05, 3.63) is 77.9 Å². The quantitative estimate of drug-likeness (QED) is 0.773. The summed E-state index contributed by atoms with van der Waals surface area (Å²) >= 11 is 0. The SMILES string of the molecule is OCC1(OCc2ccccc2)CNc2ccc3ccccc3c21. The molecule has 0 saturated carbocycles. The molecule has 2 N–H and O–H groups in total. The molecule has 3 nitrogen and oxygen atoms in total. The first-order chi connectivity index (χ1) is 11.3. The van der Waals surface area contributed by atoms with Gasteiger partial charge in [-0.1, -0.05) is 60.7 Å². The molecule has 0 saturated heterocycles. The molecule has 1 atom stereocenters. The third-order valence-electron chi connectivity index (χ3n) is 4.56. The Bertz CT molecular complexity index is 831. The third-order valence-corrected chi connectivity index (χ3v) is 4.56. The zero-order valence-electron chi connectivity index (χ0n) is 12.8. The van der Waals surface area contributed by atoms with E-state index < -0.39 is 5.60 Å². The van der Waals surface area contributed by atoms with E-state index in [1.165, 1.54) is 0 Å². The van der Waals surface area contributed by atoms with Gasteiger partial charge in [0.05, 0.1) is 19.8 Å². The highest BCUT2D eigenvalue weighted by atomic mass is 16.5. The minimum Gasteiger partial charge on any atom is -0.393 e. The Morgan fingerprint density at radius 1 is 0.957 bits per heavy atom. The molecule has 116 valence electrons. The molecule has 1 unspecified atom stereocenters. The summed E-state index contributed by atoms with van der Waals surface area (Å²) in [5.41, 5.74) is 2.51. The number of fused-ring (bicyclic) bond motifs is 3. The molecule has 0 spiro atoms. The molecule has 0 fully saturated rings. The topological polar surface area (TPSA) is 41.5 Å². The third kappa shape index (κ3) is 2.38. The summed E-state index contributed by atoms with van der Waals surface area (Å²) in [6.45, 7) is 1.01. The van der Waals surface area contributed by atoms with Gasteiger partial charge in [0.1, 0.15) is 5.60 Å². The predicted octanol–water partition coefficient (Wildman–Crippen LogP) is 3.67. The molecule has 0 bridgehead atoms. The normalized spacial score (nSPS) is 19.5. The fourth-order valence-corrected chi connectivity index (χ4v) is 3.34. The Morgan fingerprint density at radius 3 is 2.57 bits per heavy atom. The Labute approximate surface area is 135 Å². The minimum atomic E-state index is -0.702. The van der Waals surface area contributed by atoms with E-state index in [0.29, 0.717) is 13.2 Å². The lowest BCUT2D eigenvalue weighted by molar-refractivity contribution is -0.0800. The van der Waals surface area contributed by atoms with Gasteiger partial charge >= 0.3 is 0 Å². The Balaban J connectivity index is 1.75. The summed E-state index contributed by atoms with van der Waals surface area (Å²) in [6, 6.07) is 22.5. The van der Waals surface area contributed by atoms with E-state index in [1.807, 2.05) is 42.5 Å². The highest BCUT2D eigenvalue weighted by molar-refractivity contribution is 5.92. The molecule has 1 heterocycles. The van der Waals surface area contributed by atoms with Gasteiger partial charge in [-0.05, 0) is 22.4 Å². The van der Waals surface area contributed by atoms with Crippen LogP contribution in [0.2, 0.25) is 0 Å². The van der Waals surface area contributed by atoms with Crippen LogP contribution in [-0.4, -0.2) is 18.3 Å². The second-order valence-electron chi connectivity index (χ2n) is 5.99. The number of rotatable bonds is 4. The number of ether oxygens (including phenoxy) is 1. The molecule has 0 aliphatic carbocycles. The van der Waals surface area contributed by atoms with Crippen molar-refractivity contribution in [2.45, 2.75) is 12.2 Å². The second-order valence-corrected chi connectivity index (χ2v) is 5.99. The summed E-state index contributed by atoms with van der Waals surface area (Å²) in [4.78, 5) is 0. The van der Waals surface area contributed by atoms with Crippen molar-refractivity contribution in [2.24, 2.45) is 0 Å². The lowest BCUT2D eigenvalue weighted by Gasteiger charge is -2.28. The zero-order valence-corrected chi connectivity index (χ0v) is 12.8. The monoisotopic (exact) mass is 305 g/mol. The van der Waals surface area contributed by atoms with Gasteiger partial charge in [-0.15, -0.1) is 0 Å². The molecule has 1 aliphatic heterocycles. The van der Waals surface area contributed by atoms with Crippen LogP contribution in [0.3, 0.4) is 0 Å². The van der Waals surface area contributed by atoms with Crippen LogP contribution in [-0.2, 0) is 16.9 Å². The summed E-state index contributed by atoms with van der Waals surface area (Å²) in [7, 11) is 0. The Kier molecular flexibility index (Phi) is 3.52. The van der Waals surface area contributed by atoms with Gasteiger partial charge in [0.25, 0.3) is 0 Å². The molecule has 23 heavy (non-hydrogen) atoms. The predicted molar refractivity (Wildman–Crippen MR) is 92.4 cm³/mol. The maximum Gasteiger partial charge on any atom is 0.136 e. The van der Waals surface area contributed by atoms with Gasteiger partial charge in [0.15, 0.2) is 0 Å². The molecular formula is C20H19NO2. The maximum atomic E-state index is 10.1. The van der Waals surface area contributed by atoms with Gasteiger partial charge < -0.3 is 15.2 Å². The summed E-state index contributed by atoms with van der Waals surface area (Å²) in [6.07, 6.45) is 0. The van der Waals surface area contributed by atoms with Crippen LogP contribution in [0.25, 0.3) is 10.8 Å². The number of nitrogens with one attached hydrogen (secondary N) is 1. The second kappa shape index (κ2) is 5.69. The highest BCUT2D eigenvalue weighted by Gasteiger charge is 2.41. The molecule has 1 aliphatic rings.